The lowest BCUT2D eigenvalue weighted by atomic mass is 10.3. The van der Waals surface area contributed by atoms with Gasteiger partial charge in [0, 0.05) is 17.8 Å². The van der Waals surface area contributed by atoms with E-state index < -0.39 is 10.9 Å². The number of benzene rings is 1. The summed E-state index contributed by atoms with van der Waals surface area (Å²) in [5, 5.41) is 19.4. The number of nitro groups is 1. The standard InChI is InChI=1S/C12H8ClN3O5/c1-6-4-9(11(17)18)15-12(14-6)21-7-2-3-10(16(19)20)8(13)5-7/h2-5H,1H3,(H,17,18). The number of aryl methyl sites for hydroxylation is 1. The third-order valence-corrected chi connectivity index (χ3v) is 2.68. The van der Waals surface area contributed by atoms with Gasteiger partial charge in [-0.05, 0) is 19.1 Å². The predicted octanol–water partition coefficient (Wildman–Crippen LogP) is 2.84. The molecule has 108 valence electrons. The molecule has 0 unspecified atom stereocenters. The van der Waals surface area contributed by atoms with Crippen molar-refractivity contribution < 1.29 is 19.6 Å². The fraction of sp³-hybridized carbons (Fsp3) is 0.0833. The van der Waals surface area contributed by atoms with E-state index in [-0.39, 0.29) is 28.2 Å². The van der Waals surface area contributed by atoms with Gasteiger partial charge < -0.3 is 9.84 Å². The summed E-state index contributed by atoms with van der Waals surface area (Å²) < 4.78 is 5.27. The smallest absolute Gasteiger partial charge is 0.354 e. The Morgan fingerprint density at radius 1 is 1.38 bits per heavy atom. The fourth-order valence-electron chi connectivity index (χ4n) is 1.50. The zero-order valence-corrected chi connectivity index (χ0v) is 11.4. The van der Waals surface area contributed by atoms with Crippen LogP contribution in [0.15, 0.2) is 24.3 Å². The summed E-state index contributed by atoms with van der Waals surface area (Å²) >= 11 is 5.75. The lowest BCUT2D eigenvalue weighted by Crippen LogP contribution is -2.04. The van der Waals surface area contributed by atoms with Crippen LogP contribution in [0, 0.1) is 17.0 Å². The molecule has 1 aromatic heterocycles. The molecular formula is C12H8ClN3O5. The van der Waals surface area contributed by atoms with Crippen LogP contribution in [-0.2, 0) is 0 Å². The number of aromatic carboxylic acids is 1. The number of rotatable bonds is 4. The number of ether oxygens (including phenoxy) is 1. The maximum absolute atomic E-state index is 10.9. The zero-order chi connectivity index (χ0) is 15.6. The van der Waals surface area contributed by atoms with Crippen LogP contribution in [0.25, 0.3) is 0 Å². The second-order valence-electron chi connectivity index (χ2n) is 3.95. The minimum atomic E-state index is -1.22. The topological polar surface area (TPSA) is 115 Å². The summed E-state index contributed by atoms with van der Waals surface area (Å²) in [7, 11) is 0. The van der Waals surface area contributed by atoms with Gasteiger partial charge in [0.15, 0.2) is 5.69 Å². The van der Waals surface area contributed by atoms with Crippen LogP contribution < -0.4 is 4.74 Å². The monoisotopic (exact) mass is 309 g/mol. The number of carbonyl (C=O) groups is 1. The molecule has 0 aliphatic rings. The lowest BCUT2D eigenvalue weighted by molar-refractivity contribution is -0.384. The molecule has 0 saturated carbocycles. The highest BCUT2D eigenvalue weighted by Gasteiger charge is 2.14. The molecule has 2 rings (SSSR count). The Labute approximate surface area is 123 Å². The fourth-order valence-corrected chi connectivity index (χ4v) is 1.74. The van der Waals surface area contributed by atoms with E-state index in [1.807, 2.05) is 0 Å². The molecule has 0 radical (unpaired) electrons. The molecule has 0 amide bonds. The quantitative estimate of drug-likeness (QED) is 0.681. The van der Waals surface area contributed by atoms with Gasteiger partial charge in [-0.1, -0.05) is 11.6 Å². The first-order chi connectivity index (χ1) is 9.86. The second kappa shape index (κ2) is 5.71. The second-order valence-corrected chi connectivity index (χ2v) is 4.36. The van der Waals surface area contributed by atoms with E-state index in [9.17, 15) is 14.9 Å². The first-order valence-corrected chi connectivity index (χ1v) is 5.95. The molecule has 0 aliphatic carbocycles. The van der Waals surface area contributed by atoms with Gasteiger partial charge in [0.2, 0.25) is 0 Å². The van der Waals surface area contributed by atoms with Gasteiger partial charge in [-0.2, -0.15) is 4.98 Å². The molecule has 9 heteroatoms. The van der Waals surface area contributed by atoms with Gasteiger partial charge in [-0.25, -0.2) is 9.78 Å². The van der Waals surface area contributed by atoms with Crippen LogP contribution in [0.4, 0.5) is 5.69 Å². The summed E-state index contributed by atoms with van der Waals surface area (Å²) in [6.45, 7) is 1.59. The van der Waals surface area contributed by atoms with Crippen molar-refractivity contribution in [1.29, 1.82) is 0 Å². The maximum atomic E-state index is 10.9. The van der Waals surface area contributed by atoms with Gasteiger partial charge in [-0.3, -0.25) is 10.1 Å². The van der Waals surface area contributed by atoms with Crippen LogP contribution >= 0.6 is 11.6 Å². The number of nitrogens with zero attached hydrogens (tertiary/aromatic N) is 3. The highest BCUT2D eigenvalue weighted by atomic mass is 35.5. The molecule has 1 heterocycles. The summed E-state index contributed by atoms with van der Waals surface area (Å²) in [6.07, 6.45) is 0. The van der Waals surface area contributed by atoms with Crippen LogP contribution in [0.1, 0.15) is 16.2 Å². The summed E-state index contributed by atoms with van der Waals surface area (Å²) in [5.74, 6) is -1.06. The van der Waals surface area contributed by atoms with Crippen LogP contribution in [0.5, 0.6) is 11.8 Å². The molecule has 1 aromatic carbocycles. The number of nitro benzene ring substituents is 1. The van der Waals surface area contributed by atoms with E-state index >= 15 is 0 Å². The van der Waals surface area contributed by atoms with E-state index in [2.05, 4.69) is 9.97 Å². The van der Waals surface area contributed by atoms with E-state index in [0.29, 0.717) is 5.69 Å². The van der Waals surface area contributed by atoms with Crippen molar-refractivity contribution in [2.75, 3.05) is 0 Å². The highest BCUT2D eigenvalue weighted by Crippen LogP contribution is 2.30. The lowest BCUT2D eigenvalue weighted by Gasteiger charge is -2.06. The Morgan fingerprint density at radius 3 is 2.67 bits per heavy atom. The third-order valence-electron chi connectivity index (χ3n) is 2.38. The Kier molecular flexibility index (Phi) is 3.99. The van der Waals surface area contributed by atoms with Crippen molar-refractivity contribution in [2.24, 2.45) is 0 Å². The number of carboxylic acid groups (broad SMARTS) is 1. The minimum Gasteiger partial charge on any atom is -0.477 e. The van der Waals surface area contributed by atoms with Gasteiger partial charge in [-0.15, -0.1) is 0 Å². The van der Waals surface area contributed by atoms with Gasteiger partial charge >= 0.3 is 12.0 Å². The molecule has 0 spiro atoms. The normalized spacial score (nSPS) is 10.2. The average molecular weight is 310 g/mol. The van der Waals surface area contributed by atoms with Gasteiger partial charge in [0.25, 0.3) is 5.69 Å². The Hall–Kier alpha value is -2.74. The SMILES string of the molecule is Cc1cc(C(=O)O)nc(Oc2ccc([N+](=O)[O-])c(Cl)c2)n1. The maximum Gasteiger partial charge on any atom is 0.354 e. The largest absolute Gasteiger partial charge is 0.477 e. The molecule has 0 fully saturated rings. The Bertz CT molecular complexity index is 735. The molecule has 0 saturated heterocycles. The third kappa shape index (κ3) is 3.42. The van der Waals surface area contributed by atoms with Crippen molar-refractivity contribution >= 4 is 23.3 Å². The van der Waals surface area contributed by atoms with Crippen molar-refractivity contribution in [2.45, 2.75) is 6.92 Å². The van der Waals surface area contributed by atoms with E-state index in [1.54, 1.807) is 6.92 Å². The van der Waals surface area contributed by atoms with Crippen LogP contribution in [-0.4, -0.2) is 26.0 Å². The molecule has 21 heavy (non-hydrogen) atoms. The molecule has 0 atom stereocenters. The van der Waals surface area contributed by atoms with Crippen LogP contribution in [0.3, 0.4) is 0 Å². The van der Waals surface area contributed by atoms with Crippen LogP contribution in [0.2, 0.25) is 5.02 Å². The Morgan fingerprint density at radius 2 is 2.10 bits per heavy atom. The molecule has 0 bridgehead atoms. The number of halogens is 1. The number of carboxylic acids is 1. The molecule has 8 nitrogen and oxygen atoms in total. The van der Waals surface area contributed by atoms with E-state index in [0.717, 1.165) is 0 Å². The molecular weight excluding hydrogens is 302 g/mol. The Balaban J connectivity index is 2.32. The van der Waals surface area contributed by atoms with Crippen molar-refractivity contribution in [3.8, 4) is 11.8 Å². The summed E-state index contributed by atoms with van der Waals surface area (Å²) in [6, 6.07) is 4.82. The zero-order valence-electron chi connectivity index (χ0n) is 10.6. The van der Waals surface area contributed by atoms with Gasteiger partial charge in [0.1, 0.15) is 10.8 Å². The number of aromatic nitrogens is 2. The summed E-state index contributed by atoms with van der Waals surface area (Å²) in [4.78, 5) is 28.5. The first kappa shape index (κ1) is 14.7. The predicted molar refractivity (Wildman–Crippen MR) is 71.9 cm³/mol. The highest BCUT2D eigenvalue weighted by molar-refractivity contribution is 6.32. The van der Waals surface area contributed by atoms with Crippen molar-refractivity contribution in [3.63, 3.8) is 0 Å². The molecule has 2 aromatic rings. The van der Waals surface area contributed by atoms with Crippen molar-refractivity contribution in [3.05, 3.63) is 50.8 Å². The minimum absolute atomic E-state index is 0.108. The number of hydrogen-bond donors (Lipinski definition) is 1. The summed E-state index contributed by atoms with van der Waals surface area (Å²) in [5.41, 5.74) is -0.0729. The van der Waals surface area contributed by atoms with Crippen molar-refractivity contribution in [1.82, 2.24) is 9.97 Å². The average Bonchev–Trinajstić information content (AvgIpc) is 2.37. The van der Waals surface area contributed by atoms with E-state index in [4.69, 9.17) is 21.4 Å². The number of hydrogen-bond acceptors (Lipinski definition) is 6. The van der Waals surface area contributed by atoms with E-state index in [1.165, 1.54) is 24.3 Å². The molecule has 1 N–H and O–H groups in total. The molecule has 0 aliphatic heterocycles. The first-order valence-electron chi connectivity index (χ1n) is 5.57. The van der Waals surface area contributed by atoms with Gasteiger partial charge in [0.05, 0.1) is 4.92 Å².